The van der Waals surface area contributed by atoms with Crippen molar-refractivity contribution in [2.24, 2.45) is 0 Å². The molecule has 0 heterocycles. The number of rotatable bonds is 6. The van der Waals surface area contributed by atoms with Crippen LogP contribution in [0.4, 0.5) is 0 Å². The molecular weight excluding hydrogens is 364 g/mol. The van der Waals surface area contributed by atoms with Crippen LogP contribution in [-0.4, -0.2) is 11.1 Å². The number of halogens is 2. The highest BCUT2D eigenvalue weighted by Crippen LogP contribution is 2.41. The molecule has 2 atom stereocenters. The standard InChI is InChI=1S/C18H18BrClO2/c1-2-3-16(12-4-6-14(7-5-12)18(21)22)17(19)13-8-10-15(20)11-9-13/h4-11,16-17H,2-3H2,1H3,(H,21,22)/t16-,17?/m1/s1. The van der Waals surface area contributed by atoms with Crippen molar-refractivity contribution in [3.63, 3.8) is 0 Å². The minimum atomic E-state index is -0.897. The van der Waals surface area contributed by atoms with Crippen LogP contribution in [0.2, 0.25) is 5.02 Å². The van der Waals surface area contributed by atoms with Gasteiger partial charge in [-0.25, -0.2) is 4.79 Å². The Bertz CT molecular complexity index is 623. The molecule has 0 aliphatic rings. The summed E-state index contributed by atoms with van der Waals surface area (Å²) >= 11 is 9.75. The van der Waals surface area contributed by atoms with Gasteiger partial charge in [-0.1, -0.05) is 65.1 Å². The molecule has 1 N–H and O–H groups in total. The Hall–Kier alpha value is -1.32. The first-order valence-corrected chi connectivity index (χ1v) is 8.55. The highest BCUT2D eigenvalue weighted by Gasteiger charge is 2.22. The van der Waals surface area contributed by atoms with Gasteiger partial charge >= 0.3 is 5.97 Å². The molecule has 1 unspecified atom stereocenters. The van der Waals surface area contributed by atoms with E-state index in [1.165, 1.54) is 5.56 Å². The largest absolute Gasteiger partial charge is 0.478 e. The monoisotopic (exact) mass is 380 g/mol. The van der Waals surface area contributed by atoms with Crippen molar-refractivity contribution in [3.8, 4) is 0 Å². The van der Waals surface area contributed by atoms with E-state index in [2.05, 4.69) is 22.9 Å². The average Bonchev–Trinajstić information content (AvgIpc) is 2.53. The maximum Gasteiger partial charge on any atom is 0.335 e. The number of alkyl halides is 1. The fourth-order valence-corrected chi connectivity index (χ4v) is 3.55. The first-order chi connectivity index (χ1) is 10.5. The van der Waals surface area contributed by atoms with E-state index in [0.29, 0.717) is 5.56 Å². The average molecular weight is 382 g/mol. The van der Waals surface area contributed by atoms with Crippen LogP contribution >= 0.6 is 27.5 Å². The summed E-state index contributed by atoms with van der Waals surface area (Å²) in [5, 5.41) is 9.73. The number of carboxylic acid groups (broad SMARTS) is 1. The second-order valence-corrected chi connectivity index (χ2v) is 6.70. The zero-order valence-electron chi connectivity index (χ0n) is 12.3. The van der Waals surface area contributed by atoms with Gasteiger partial charge in [0.1, 0.15) is 0 Å². The SMILES string of the molecule is CCC[C@H](c1ccc(C(=O)O)cc1)C(Br)c1ccc(Cl)cc1. The number of aromatic carboxylic acids is 1. The summed E-state index contributed by atoms with van der Waals surface area (Å²) in [6.07, 6.45) is 2.08. The van der Waals surface area contributed by atoms with Crippen LogP contribution in [0.3, 0.4) is 0 Å². The Kier molecular flexibility index (Phi) is 6.04. The Morgan fingerprint density at radius 1 is 1.09 bits per heavy atom. The van der Waals surface area contributed by atoms with Crippen LogP contribution in [0.5, 0.6) is 0 Å². The lowest BCUT2D eigenvalue weighted by molar-refractivity contribution is 0.0697. The van der Waals surface area contributed by atoms with Crippen LogP contribution in [0.25, 0.3) is 0 Å². The molecule has 0 radical (unpaired) electrons. The van der Waals surface area contributed by atoms with Crippen molar-refractivity contribution in [3.05, 3.63) is 70.2 Å². The molecule has 0 saturated carbocycles. The van der Waals surface area contributed by atoms with Gasteiger partial charge in [-0.15, -0.1) is 0 Å². The van der Waals surface area contributed by atoms with Gasteiger partial charge in [0.2, 0.25) is 0 Å². The van der Waals surface area contributed by atoms with Crippen molar-refractivity contribution in [1.82, 2.24) is 0 Å². The lowest BCUT2D eigenvalue weighted by Crippen LogP contribution is -2.07. The third kappa shape index (κ3) is 4.11. The van der Waals surface area contributed by atoms with Crippen LogP contribution in [-0.2, 0) is 0 Å². The Morgan fingerprint density at radius 2 is 1.64 bits per heavy atom. The summed E-state index contributed by atoms with van der Waals surface area (Å²) < 4.78 is 0. The molecular formula is C18H18BrClO2. The molecule has 0 fully saturated rings. The Labute approximate surface area is 144 Å². The van der Waals surface area contributed by atoms with Gasteiger partial charge in [0.25, 0.3) is 0 Å². The van der Waals surface area contributed by atoms with Crippen molar-refractivity contribution >= 4 is 33.5 Å². The van der Waals surface area contributed by atoms with Gasteiger partial charge in [-0.05, 0) is 41.8 Å². The third-order valence-corrected chi connectivity index (χ3v) is 5.15. The first-order valence-electron chi connectivity index (χ1n) is 7.25. The van der Waals surface area contributed by atoms with E-state index in [1.54, 1.807) is 12.1 Å². The van der Waals surface area contributed by atoms with Gasteiger partial charge in [0, 0.05) is 15.8 Å². The molecule has 0 aromatic heterocycles. The molecule has 2 rings (SSSR count). The van der Waals surface area contributed by atoms with Crippen LogP contribution < -0.4 is 0 Å². The smallest absolute Gasteiger partial charge is 0.335 e. The molecule has 22 heavy (non-hydrogen) atoms. The lowest BCUT2D eigenvalue weighted by atomic mass is 9.88. The number of carboxylic acids is 1. The molecule has 0 amide bonds. The van der Waals surface area contributed by atoms with Crippen molar-refractivity contribution in [2.75, 3.05) is 0 Å². The van der Waals surface area contributed by atoms with Gasteiger partial charge < -0.3 is 5.11 Å². The van der Waals surface area contributed by atoms with E-state index in [1.807, 2.05) is 36.4 Å². The van der Waals surface area contributed by atoms with Crippen molar-refractivity contribution in [2.45, 2.75) is 30.5 Å². The molecule has 0 bridgehead atoms. The highest BCUT2D eigenvalue weighted by atomic mass is 79.9. The summed E-state index contributed by atoms with van der Waals surface area (Å²) in [5.74, 6) is -0.610. The van der Waals surface area contributed by atoms with E-state index in [4.69, 9.17) is 16.7 Å². The highest BCUT2D eigenvalue weighted by molar-refractivity contribution is 9.09. The number of carbonyl (C=O) groups is 1. The quantitative estimate of drug-likeness (QED) is 0.618. The number of benzene rings is 2. The van der Waals surface area contributed by atoms with Crippen LogP contribution in [0.1, 0.15) is 52.0 Å². The topological polar surface area (TPSA) is 37.3 Å². The van der Waals surface area contributed by atoms with Gasteiger partial charge in [0.15, 0.2) is 0 Å². The summed E-state index contributed by atoms with van der Waals surface area (Å²) in [6.45, 7) is 2.15. The predicted molar refractivity (Wildman–Crippen MR) is 94.2 cm³/mol. The zero-order valence-corrected chi connectivity index (χ0v) is 14.6. The van der Waals surface area contributed by atoms with E-state index in [-0.39, 0.29) is 10.7 Å². The first kappa shape index (κ1) is 17.0. The molecule has 0 saturated heterocycles. The van der Waals surface area contributed by atoms with E-state index >= 15 is 0 Å². The van der Waals surface area contributed by atoms with Gasteiger partial charge in [-0.3, -0.25) is 0 Å². The fourth-order valence-electron chi connectivity index (χ4n) is 2.54. The summed E-state index contributed by atoms with van der Waals surface area (Å²) in [7, 11) is 0. The van der Waals surface area contributed by atoms with Crippen LogP contribution in [0, 0.1) is 0 Å². The lowest BCUT2D eigenvalue weighted by Gasteiger charge is -2.23. The minimum absolute atomic E-state index is 0.167. The second kappa shape index (κ2) is 7.80. The third-order valence-electron chi connectivity index (χ3n) is 3.73. The number of hydrogen-bond acceptors (Lipinski definition) is 1. The van der Waals surface area contributed by atoms with E-state index in [9.17, 15) is 4.79 Å². The van der Waals surface area contributed by atoms with Gasteiger partial charge in [0.05, 0.1) is 5.56 Å². The van der Waals surface area contributed by atoms with E-state index < -0.39 is 5.97 Å². The van der Waals surface area contributed by atoms with Gasteiger partial charge in [-0.2, -0.15) is 0 Å². The normalized spacial score (nSPS) is 13.6. The summed E-state index contributed by atoms with van der Waals surface area (Å²) in [5.41, 5.74) is 2.63. The Morgan fingerprint density at radius 3 is 2.14 bits per heavy atom. The minimum Gasteiger partial charge on any atom is -0.478 e. The number of hydrogen-bond donors (Lipinski definition) is 1. The summed E-state index contributed by atoms with van der Waals surface area (Å²) in [4.78, 5) is 11.1. The molecule has 2 aromatic rings. The van der Waals surface area contributed by atoms with E-state index in [0.717, 1.165) is 23.4 Å². The van der Waals surface area contributed by atoms with Crippen molar-refractivity contribution in [1.29, 1.82) is 0 Å². The molecule has 116 valence electrons. The molecule has 0 aliphatic heterocycles. The molecule has 2 aromatic carbocycles. The molecule has 0 aliphatic carbocycles. The van der Waals surface area contributed by atoms with Crippen molar-refractivity contribution < 1.29 is 9.90 Å². The maximum atomic E-state index is 11.0. The summed E-state index contributed by atoms with van der Waals surface area (Å²) in [6, 6.07) is 15.0. The molecule has 2 nitrogen and oxygen atoms in total. The second-order valence-electron chi connectivity index (χ2n) is 5.28. The van der Waals surface area contributed by atoms with Crippen LogP contribution in [0.15, 0.2) is 48.5 Å². The predicted octanol–water partition coefficient (Wildman–Crippen LogP) is 6.06. The Balaban J connectivity index is 2.28. The fraction of sp³-hybridized carbons (Fsp3) is 0.278. The molecule has 4 heteroatoms. The maximum absolute atomic E-state index is 11.0. The molecule has 0 spiro atoms. The zero-order chi connectivity index (χ0) is 16.1.